The van der Waals surface area contributed by atoms with Gasteiger partial charge in [0.15, 0.2) is 0 Å². The number of pyridine rings is 1. The number of rotatable bonds is 2. The standard InChI is InChI=1S/C9H12INO/c1-6(2)9(12)7-3-8(10)5-11-4-7/h3-6,9,12H,1-2H3/t9-/m0/s1. The second-order valence-electron chi connectivity index (χ2n) is 3.13. The third kappa shape index (κ3) is 2.42. The zero-order valence-electron chi connectivity index (χ0n) is 7.16. The van der Waals surface area contributed by atoms with Crippen molar-refractivity contribution < 1.29 is 5.11 Å². The van der Waals surface area contributed by atoms with Crippen molar-refractivity contribution in [3.63, 3.8) is 0 Å². The van der Waals surface area contributed by atoms with Crippen molar-refractivity contribution in [3.05, 3.63) is 27.6 Å². The van der Waals surface area contributed by atoms with E-state index in [0.29, 0.717) is 0 Å². The summed E-state index contributed by atoms with van der Waals surface area (Å²) in [5.74, 6) is 0.241. The predicted molar refractivity (Wildman–Crippen MR) is 56.8 cm³/mol. The molecule has 1 heterocycles. The summed E-state index contributed by atoms with van der Waals surface area (Å²) < 4.78 is 1.06. The summed E-state index contributed by atoms with van der Waals surface area (Å²) in [7, 11) is 0. The Balaban J connectivity index is 2.88. The maximum absolute atomic E-state index is 9.68. The van der Waals surface area contributed by atoms with Gasteiger partial charge in [0.2, 0.25) is 0 Å². The van der Waals surface area contributed by atoms with Crippen molar-refractivity contribution in [2.75, 3.05) is 0 Å². The fourth-order valence-electron chi connectivity index (χ4n) is 0.975. The van der Waals surface area contributed by atoms with Crippen LogP contribution in [0.15, 0.2) is 18.5 Å². The van der Waals surface area contributed by atoms with Crippen LogP contribution in [-0.2, 0) is 0 Å². The largest absolute Gasteiger partial charge is 0.388 e. The molecule has 3 heteroatoms. The predicted octanol–water partition coefficient (Wildman–Crippen LogP) is 2.38. The van der Waals surface area contributed by atoms with Gasteiger partial charge in [-0.3, -0.25) is 4.98 Å². The van der Waals surface area contributed by atoms with Gasteiger partial charge >= 0.3 is 0 Å². The number of aliphatic hydroxyl groups is 1. The van der Waals surface area contributed by atoms with E-state index in [0.717, 1.165) is 9.13 Å². The molecular formula is C9H12INO. The second kappa shape index (κ2) is 4.18. The van der Waals surface area contributed by atoms with Gasteiger partial charge in [-0.2, -0.15) is 0 Å². The minimum Gasteiger partial charge on any atom is -0.388 e. The highest BCUT2D eigenvalue weighted by Gasteiger charge is 2.11. The third-order valence-electron chi connectivity index (χ3n) is 1.70. The van der Waals surface area contributed by atoms with E-state index in [1.54, 1.807) is 12.4 Å². The molecule has 0 radical (unpaired) electrons. The van der Waals surface area contributed by atoms with Crippen LogP contribution in [0.3, 0.4) is 0 Å². The number of hydrogen-bond acceptors (Lipinski definition) is 2. The Bertz CT molecular complexity index is 262. The van der Waals surface area contributed by atoms with E-state index < -0.39 is 6.10 Å². The van der Waals surface area contributed by atoms with Crippen LogP contribution in [0.5, 0.6) is 0 Å². The normalized spacial score (nSPS) is 13.4. The summed E-state index contributed by atoms with van der Waals surface area (Å²) in [5, 5.41) is 9.68. The average molecular weight is 277 g/mol. The van der Waals surface area contributed by atoms with Crippen molar-refractivity contribution in [1.82, 2.24) is 4.98 Å². The topological polar surface area (TPSA) is 33.1 Å². The molecule has 1 atom stereocenters. The Morgan fingerprint density at radius 1 is 1.42 bits per heavy atom. The monoisotopic (exact) mass is 277 g/mol. The molecule has 0 aromatic carbocycles. The Morgan fingerprint density at radius 3 is 2.58 bits per heavy atom. The lowest BCUT2D eigenvalue weighted by Crippen LogP contribution is -2.05. The highest BCUT2D eigenvalue weighted by atomic mass is 127. The van der Waals surface area contributed by atoms with Crippen LogP contribution >= 0.6 is 22.6 Å². The zero-order chi connectivity index (χ0) is 9.14. The number of halogens is 1. The average Bonchev–Trinajstić information content (AvgIpc) is 2.03. The Labute approximate surface area is 86.2 Å². The molecule has 2 nitrogen and oxygen atoms in total. The molecule has 0 spiro atoms. The molecule has 0 amide bonds. The first-order chi connectivity index (χ1) is 5.61. The summed E-state index contributed by atoms with van der Waals surface area (Å²) >= 11 is 2.19. The number of aromatic nitrogens is 1. The van der Waals surface area contributed by atoms with E-state index in [-0.39, 0.29) is 5.92 Å². The van der Waals surface area contributed by atoms with Crippen molar-refractivity contribution in [1.29, 1.82) is 0 Å². The Kier molecular flexibility index (Phi) is 3.46. The van der Waals surface area contributed by atoms with E-state index in [4.69, 9.17) is 0 Å². The van der Waals surface area contributed by atoms with Crippen molar-refractivity contribution in [3.8, 4) is 0 Å². The van der Waals surface area contributed by atoms with E-state index in [1.165, 1.54) is 0 Å². The van der Waals surface area contributed by atoms with Gasteiger partial charge in [-0.1, -0.05) is 13.8 Å². The smallest absolute Gasteiger partial charge is 0.0828 e. The second-order valence-corrected chi connectivity index (χ2v) is 4.37. The molecule has 0 aliphatic carbocycles. The highest BCUT2D eigenvalue weighted by Crippen LogP contribution is 2.21. The van der Waals surface area contributed by atoms with Crippen LogP contribution in [0, 0.1) is 9.49 Å². The van der Waals surface area contributed by atoms with E-state index in [1.807, 2.05) is 19.9 Å². The van der Waals surface area contributed by atoms with Gasteiger partial charge in [-0.15, -0.1) is 0 Å². The lowest BCUT2D eigenvalue weighted by atomic mass is 10.0. The van der Waals surface area contributed by atoms with Crippen LogP contribution in [0.4, 0.5) is 0 Å². The molecule has 1 aromatic rings. The van der Waals surface area contributed by atoms with Crippen LogP contribution in [0.2, 0.25) is 0 Å². The van der Waals surface area contributed by atoms with Gasteiger partial charge < -0.3 is 5.11 Å². The van der Waals surface area contributed by atoms with E-state index >= 15 is 0 Å². The van der Waals surface area contributed by atoms with E-state index in [2.05, 4.69) is 27.6 Å². The first kappa shape index (κ1) is 9.92. The first-order valence-corrected chi connectivity index (χ1v) is 4.97. The zero-order valence-corrected chi connectivity index (χ0v) is 9.32. The Hall–Kier alpha value is -0.160. The van der Waals surface area contributed by atoms with Crippen molar-refractivity contribution in [2.45, 2.75) is 20.0 Å². The molecule has 66 valence electrons. The molecule has 0 unspecified atom stereocenters. The molecule has 1 N–H and O–H groups in total. The van der Waals surface area contributed by atoms with Gasteiger partial charge in [0, 0.05) is 21.5 Å². The fourth-order valence-corrected chi connectivity index (χ4v) is 1.50. The number of hydrogen-bond donors (Lipinski definition) is 1. The number of aliphatic hydroxyl groups excluding tert-OH is 1. The minimum atomic E-state index is -0.396. The molecule has 0 aliphatic heterocycles. The summed E-state index contributed by atoms with van der Waals surface area (Å²) in [6.45, 7) is 3.98. The maximum atomic E-state index is 9.68. The summed E-state index contributed by atoms with van der Waals surface area (Å²) in [6, 6.07) is 1.96. The quantitative estimate of drug-likeness (QED) is 0.842. The summed E-state index contributed by atoms with van der Waals surface area (Å²) in [5.41, 5.74) is 0.900. The molecule has 0 saturated carbocycles. The molecule has 0 saturated heterocycles. The van der Waals surface area contributed by atoms with Crippen LogP contribution < -0.4 is 0 Å². The third-order valence-corrected chi connectivity index (χ3v) is 2.29. The molecule has 0 aliphatic rings. The molecule has 1 aromatic heterocycles. The lowest BCUT2D eigenvalue weighted by Gasteiger charge is -2.13. The molecule has 1 rings (SSSR count). The molecule has 12 heavy (non-hydrogen) atoms. The number of nitrogens with zero attached hydrogens (tertiary/aromatic N) is 1. The fraction of sp³-hybridized carbons (Fsp3) is 0.444. The van der Waals surface area contributed by atoms with Gasteiger partial charge in [0.1, 0.15) is 0 Å². The molecule has 0 fully saturated rings. The van der Waals surface area contributed by atoms with E-state index in [9.17, 15) is 5.11 Å². The van der Waals surface area contributed by atoms with Crippen LogP contribution in [0.1, 0.15) is 25.5 Å². The Morgan fingerprint density at radius 2 is 2.08 bits per heavy atom. The molecular weight excluding hydrogens is 265 g/mol. The lowest BCUT2D eigenvalue weighted by molar-refractivity contribution is 0.126. The van der Waals surface area contributed by atoms with Crippen molar-refractivity contribution >= 4 is 22.6 Å². The van der Waals surface area contributed by atoms with Gasteiger partial charge in [-0.05, 0) is 34.6 Å². The van der Waals surface area contributed by atoms with Gasteiger partial charge in [0.05, 0.1) is 6.10 Å². The van der Waals surface area contributed by atoms with Gasteiger partial charge in [0.25, 0.3) is 0 Å². The van der Waals surface area contributed by atoms with Crippen LogP contribution in [-0.4, -0.2) is 10.1 Å². The highest BCUT2D eigenvalue weighted by molar-refractivity contribution is 14.1. The first-order valence-electron chi connectivity index (χ1n) is 3.89. The SMILES string of the molecule is CC(C)[C@H](O)c1cncc(I)c1. The molecule has 0 bridgehead atoms. The minimum absolute atomic E-state index is 0.241. The van der Waals surface area contributed by atoms with Gasteiger partial charge in [-0.25, -0.2) is 0 Å². The maximum Gasteiger partial charge on any atom is 0.0828 e. The summed E-state index contributed by atoms with van der Waals surface area (Å²) in [4.78, 5) is 4.02. The van der Waals surface area contributed by atoms with Crippen molar-refractivity contribution in [2.24, 2.45) is 5.92 Å². The van der Waals surface area contributed by atoms with Crippen LogP contribution in [0.25, 0.3) is 0 Å². The summed E-state index contributed by atoms with van der Waals surface area (Å²) in [6.07, 6.45) is 3.09.